The van der Waals surface area contributed by atoms with Gasteiger partial charge in [0.15, 0.2) is 11.5 Å². The number of nitrogens with zero attached hydrogens (tertiary/aromatic N) is 7. The number of carbonyl (C=O) groups excluding carboxylic acids is 1. The normalized spacial score (nSPS) is 17.9. The number of hydrogen-bond acceptors (Lipinski definition) is 7. The van der Waals surface area contributed by atoms with Gasteiger partial charge < -0.3 is 9.47 Å². The lowest BCUT2D eigenvalue weighted by Gasteiger charge is -2.20. The van der Waals surface area contributed by atoms with Crippen molar-refractivity contribution in [3.63, 3.8) is 0 Å². The summed E-state index contributed by atoms with van der Waals surface area (Å²) in [6.45, 7) is 8.22. The highest BCUT2D eigenvalue weighted by molar-refractivity contribution is 6.76. The van der Waals surface area contributed by atoms with Gasteiger partial charge in [-0.2, -0.15) is 5.10 Å². The first kappa shape index (κ1) is 24.7. The summed E-state index contributed by atoms with van der Waals surface area (Å²) in [6.07, 6.45) is 6.73. The lowest BCUT2D eigenvalue weighted by atomic mass is 10.1. The third kappa shape index (κ3) is 4.93. The molecule has 1 amide bonds. The third-order valence-electron chi connectivity index (χ3n) is 6.95. The molecule has 0 N–H and O–H groups in total. The highest BCUT2D eigenvalue weighted by atomic mass is 28.3. The van der Waals surface area contributed by atoms with E-state index in [2.05, 4.69) is 34.8 Å². The zero-order valence-electron chi connectivity index (χ0n) is 21.7. The van der Waals surface area contributed by atoms with Crippen molar-refractivity contribution in [3.8, 4) is 22.5 Å². The van der Waals surface area contributed by atoms with Crippen molar-refractivity contribution in [2.45, 2.75) is 51.3 Å². The van der Waals surface area contributed by atoms with Crippen molar-refractivity contribution in [2.75, 3.05) is 18.1 Å². The van der Waals surface area contributed by atoms with Crippen molar-refractivity contribution in [1.29, 1.82) is 0 Å². The molecule has 0 radical (unpaired) electrons. The molecule has 38 heavy (non-hydrogen) atoms. The molecule has 1 saturated carbocycles. The first-order chi connectivity index (χ1) is 18.3. The molecule has 4 aromatic rings. The van der Waals surface area contributed by atoms with Crippen LogP contribution in [-0.4, -0.2) is 62.8 Å². The number of ether oxygens (including phenoxy) is 2. The Kier molecular flexibility index (Phi) is 6.23. The molecule has 0 unspecified atom stereocenters. The van der Waals surface area contributed by atoms with Crippen LogP contribution in [-0.2, 0) is 16.2 Å². The molecule has 0 bridgehead atoms. The van der Waals surface area contributed by atoms with Gasteiger partial charge in [0.1, 0.15) is 31.3 Å². The first-order valence-electron chi connectivity index (χ1n) is 12.8. The lowest BCUT2D eigenvalue weighted by molar-refractivity contribution is 0.0784. The maximum absolute atomic E-state index is 15.3. The molecule has 12 heteroatoms. The molecular weight excluding hydrogens is 505 g/mol. The van der Waals surface area contributed by atoms with E-state index in [1.165, 1.54) is 6.07 Å². The summed E-state index contributed by atoms with van der Waals surface area (Å²) in [5.41, 5.74) is 2.10. The Balaban J connectivity index is 1.22. The number of amides is 1. The molecule has 198 valence electrons. The zero-order chi connectivity index (χ0) is 26.4. The number of anilines is 1. The van der Waals surface area contributed by atoms with Gasteiger partial charge in [0, 0.05) is 26.4 Å². The van der Waals surface area contributed by atoms with Crippen LogP contribution in [0.2, 0.25) is 25.7 Å². The number of rotatable bonds is 9. The molecule has 1 aliphatic carbocycles. The summed E-state index contributed by atoms with van der Waals surface area (Å²) in [5.74, 6) is 0.797. The molecule has 1 saturated heterocycles. The number of cyclic esters (lactones) is 1. The molecular formula is C26H30FN7O3Si. The minimum Gasteiger partial charge on any atom is -0.447 e. The van der Waals surface area contributed by atoms with E-state index in [0.29, 0.717) is 53.1 Å². The number of hydrogen-bond donors (Lipinski definition) is 0. The third-order valence-corrected chi connectivity index (χ3v) is 8.65. The molecule has 1 atom stereocenters. The zero-order valence-corrected chi connectivity index (χ0v) is 22.7. The van der Waals surface area contributed by atoms with Gasteiger partial charge in [-0.3, -0.25) is 4.90 Å². The molecule has 0 spiro atoms. The van der Waals surface area contributed by atoms with E-state index < -0.39 is 13.9 Å². The fourth-order valence-corrected chi connectivity index (χ4v) is 5.36. The summed E-state index contributed by atoms with van der Waals surface area (Å²) in [7, 11) is -1.17. The number of fused-ring (bicyclic) bond motifs is 1. The van der Waals surface area contributed by atoms with Gasteiger partial charge in [0.2, 0.25) is 0 Å². The van der Waals surface area contributed by atoms with Crippen molar-refractivity contribution < 1.29 is 18.7 Å². The smallest absolute Gasteiger partial charge is 0.415 e. The molecule has 2 aliphatic rings. The van der Waals surface area contributed by atoms with Gasteiger partial charge >= 0.3 is 6.09 Å². The Bertz CT molecular complexity index is 1490. The monoisotopic (exact) mass is 535 g/mol. The van der Waals surface area contributed by atoms with E-state index in [1.54, 1.807) is 51.0 Å². The van der Waals surface area contributed by atoms with Crippen LogP contribution in [0.25, 0.3) is 28.2 Å². The second-order valence-corrected chi connectivity index (χ2v) is 16.7. The minimum absolute atomic E-state index is 0.00130. The van der Waals surface area contributed by atoms with Crippen LogP contribution in [0.4, 0.5) is 15.0 Å². The second-order valence-electron chi connectivity index (χ2n) is 11.1. The molecule has 1 aliphatic heterocycles. The topological polar surface area (TPSA) is 99.7 Å². The summed E-state index contributed by atoms with van der Waals surface area (Å²) in [4.78, 5) is 23.1. The Hall–Kier alpha value is -3.64. The van der Waals surface area contributed by atoms with E-state index in [0.717, 1.165) is 18.9 Å². The highest BCUT2D eigenvalue weighted by Crippen LogP contribution is 2.40. The molecule has 1 aromatic carbocycles. The summed E-state index contributed by atoms with van der Waals surface area (Å²) >= 11 is 0. The Morgan fingerprint density at radius 2 is 2.03 bits per heavy atom. The maximum atomic E-state index is 15.3. The van der Waals surface area contributed by atoms with Crippen molar-refractivity contribution in [2.24, 2.45) is 5.92 Å². The Morgan fingerprint density at radius 3 is 2.79 bits per heavy atom. The van der Waals surface area contributed by atoms with Gasteiger partial charge in [-0.25, -0.2) is 28.4 Å². The molecule has 10 nitrogen and oxygen atoms in total. The van der Waals surface area contributed by atoms with Crippen molar-refractivity contribution >= 4 is 25.6 Å². The van der Waals surface area contributed by atoms with Gasteiger partial charge in [-0.1, -0.05) is 25.7 Å². The number of benzene rings is 1. The Labute approximate surface area is 220 Å². The fraction of sp³-hybridized carbons (Fsp3) is 0.423. The Morgan fingerprint density at radius 1 is 1.18 bits per heavy atom. The van der Waals surface area contributed by atoms with Crippen LogP contribution in [0, 0.1) is 11.7 Å². The fourth-order valence-electron chi connectivity index (χ4n) is 4.61. The van der Waals surface area contributed by atoms with Gasteiger partial charge in [-0.05, 0) is 48.6 Å². The number of halogens is 1. The minimum atomic E-state index is -1.17. The van der Waals surface area contributed by atoms with E-state index in [-0.39, 0.29) is 18.9 Å². The van der Waals surface area contributed by atoms with Crippen molar-refractivity contribution in [3.05, 3.63) is 48.8 Å². The average Bonchev–Trinajstić information content (AvgIpc) is 3.28. The van der Waals surface area contributed by atoms with Gasteiger partial charge in [0.05, 0.1) is 17.8 Å². The second kappa shape index (κ2) is 9.59. The maximum Gasteiger partial charge on any atom is 0.415 e. The SMILES string of the molecule is C[Si](C)(C)CCOCn1cnc(-c2ccc(-c3cnn4ccc(N5C(=O)OC[C@@H]5C5CC5)nc34)cc2F)n1. The van der Waals surface area contributed by atoms with E-state index in [4.69, 9.17) is 14.5 Å². The number of carbonyl (C=O) groups is 1. The number of aromatic nitrogens is 6. The molecule has 2 fully saturated rings. The van der Waals surface area contributed by atoms with Gasteiger partial charge in [0.25, 0.3) is 0 Å². The lowest BCUT2D eigenvalue weighted by Crippen LogP contribution is -2.35. The largest absolute Gasteiger partial charge is 0.447 e. The summed E-state index contributed by atoms with van der Waals surface area (Å²) < 4.78 is 29.5. The van der Waals surface area contributed by atoms with Crippen LogP contribution in [0.1, 0.15) is 12.8 Å². The van der Waals surface area contributed by atoms with Crippen LogP contribution in [0.3, 0.4) is 0 Å². The van der Waals surface area contributed by atoms with Crippen LogP contribution >= 0.6 is 0 Å². The quantitative estimate of drug-likeness (QED) is 0.223. The van der Waals surface area contributed by atoms with E-state index >= 15 is 4.39 Å². The van der Waals surface area contributed by atoms with Crippen LogP contribution in [0.5, 0.6) is 0 Å². The van der Waals surface area contributed by atoms with E-state index in [1.807, 2.05) is 0 Å². The average molecular weight is 536 g/mol. The molecule has 4 heterocycles. The molecule has 3 aromatic heterocycles. The van der Waals surface area contributed by atoms with Crippen LogP contribution in [0.15, 0.2) is 43.0 Å². The first-order valence-corrected chi connectivity index (χ1v) is 16.6. The predicted octanol–water partition coefficient (Wildman–Crippen LogP) is 4.84. The summed E-state index contributed by atoms with van der Waals surface area (Å²) in [5, 5.41) is 8.75. The van der Waals surface area contributed by atoms with E-state index in [9.17, 15) is 4.79 Å². The van der Waals surface area contributed by atoms with Gasteiger partial charge in [-0.15, -0.1) is 5.10 Å². The van der Waals surface area contributed by atoms with Crippen LogP contribution < -0.4 is 4.90 Å². The summed E-state index contributed by atoms with van der Waals surface area (Å²) in [6, 6.07) is 7.71. The standard InChI is InChI=1S/C26H30FN7O3Si/c1-38(2,3)11-10-36-16-32-15-28-24(31-32)19-7-6-18(12-21(19)27)20-13-29-33-9-8-23(30-25(20)33)34-22(17-4-5-17)14-37-26(34)35/h6-9,12-13,15,17,22H,4-5,10-11,14,16H2,1-3H3/t22-/m1/s1. The highest BCUT2D eigenvalue weighted by Gasteiger charge is 2.44. The predicted molar refractivity (Wildman–Crippen MR) is 142 cm³/mol. The molecule has 6 rings (SSSR count). The van der Waals surface area contributed by atoms with Crippen molar-refractivity contribution in [1.82, 2.24) is 29.4 Å².